The second-order valence-corrected chi connectivity index (χ2v) is 9.02. The van der Waals surface area contributed by atoms with Gasteiger partial charge < -0.3 is 24.8 Å². The fourth-order valence-electron chi connectivity index (χ4n) is 5.73. The molecule has 28 heavy (non-hydrogen) atoms. The van der Waals surface area contributed by atoms with Crippen molar-refractivity contribution < 1.29 is 14.6 Å². The van der Waals surface area contributed by atoms with Gasteiger partial charge in [0.15, 0.2) is 5.11 Å². The number of rotatable bonds is 4. The first-order chi connectivity index (χ1) is 13.5. The fraction of sp³-hybridized carbons (Fsp3) is 0.682. The molecule has 1 aromatic rings. The van der Waals surface area contributed by atoms with Crippen LogP contribution in [0.4, 0.5) is 0 Å². The summed E-state index contributed by atoms with van der Waals surface area (Å²) in [7, 11) is 3.31. The van der Waals surface area contributed by atoms with Crippen molar-refractivity contribution in [3.05, 3.63) is 23.8 Å². The summed E-state index contributed by atoms with van der Waals surface area (Å²) in [4.78, 5) is 2.03. The van der Waals surface area contributed by atoms with Gasteiger partial charge in [-0.15, -0.1) is 0 Å². The van der Waals surface area contributed by atoms with Gasteiger partial charge in [-0.3, -0.25) is 0 Å². The lowest BCUT2D eigenvalue weighted by Crippen LogP contribution is -2.75. The van der Waals surface area contributed by atoms with E-state index in [1.54, 1.807) is 14.2 Å². The average molecular weight is 405 g/mol. The summed E-state index contributed by atoms with van der Waals surface area (Å²) >= 11 is 5.83. The molecular formula is C22H32N2O3S. The molecule has 1 aliphatic heterocycles. The summed E-state index contributed by atoms with van der Waals surface area (Å²) in [6.07, 6.45) is 10.0. The van der Waals surface area contributed by atoms with Crippen molar-refractivity contribution in [3.8, 4) is 11.5 Å². The van der Waals surface area contributed by atoms with E-state index in [0.717, 1.165) is 49.2 Å². The molecule has 5 nitrogen and oxygen atoms in total. The highest BCUT2D eigenvalue weighted by molar-refractivity contribution is 7.80. The molecule has 0 radical (unpaired) electrons. The third-order valence-corrected chi connectivity index (χ3v) is 7.40. The smallest absolute Gasteiger partial charge is 0.171 e. The van der Waals surface area contributed by atoms with Crippen LogP contribution in [0.25, 0.3) is 0 Å². The molecule has 4 rings (SSSR count). The molecule has 2 saturated carbocycles. The summed E-state index contributed by atoms with van der Waals surface area (Å²) in [6, 6.07) is 5.86. The fourth-order valence-corrected chi connectivity index (χ4v) is 6.16. The van der Waals surface area contributed by atoms with Crippen molar-refractivity contribution in [2.75, 3.05) is 14.2 Å². The molecule has 1 aromatic carbocycles. The number of thiocarbonyl (C=S) groups is 1. The van der Waals surface area contributed by atoms with Gasteiger partial charge in [-0.05, 0) is 62.0 Å². The molecule has 6 heteroatoms. The molecule has 154 valence electrons. The maximum atomic E-state index is 12.0. The molecule has 1 saturated heterocycles. The van der Waals surface area contributed by atoms with Crippen LogP contribution in [-0.4, -0.2) is 40.6 Å². The van der Waals surface area contributed by atoms with Crippen LogP contribution in [0.1, 0.15) is 63.4 Å². The lowest BCUT2D eigenvalue weighted by Gasteiger charge is -2.61. The van der Waals surface area contributed by atoms with Gasteiger partial charge >= 0.3 is 0 Å². The minimum absolute atomic E-state index is 0.0347. The average Bonchev–Trinajstić information content (AvgIpc) is 2.71. The van der Waals surface area contributed by atoms with Gasteiger partial charge in [0, 0.05) is 24.1 Å². The third-order valence-electron chi connectivity index (χ3n) is 7.08. The van der Waals surface area contributed by atoms with E-state index in [2.05, 4.69) is 5.32 Å². The molecule has 3 fully saturated rings. The zero-order valence-electron chi connectivity index (χ0n) is 17.0. The van der Waals surface area contributed by atoms with Crippen LogP contribution in [0.15, 0.2) is 18.2 Å². The number of nitrogens with one attached hydrogen (secondary N) is 1. The van der Waals surface area contributed by atoms with E-state index < -0.39 is 5.72 Å². The topological polar surface area (TPSA) is 54.0 Å². The third kappa shape index (κ3) is 3.35. The molecule has 2 N–H and O–H groups in total. The Balaban J connectivity index is 1.67. The van der Waals surface area contributed by atoms with Crippen molar-refractivity contribution in [3.63, 3.8) is 0 Å². The maximum Gasteiger partial charge on any atom is 0.171 e. The Morgan fingerprint density at radius 1 is 1.04 bits per heavy atom. The number of benzene rings is 1. The van der Waals surface area contributed by atoms with E-state index in [0.29, 0.717) is 11.7 Å². The summed E-state index contributed by atoms with van der Waals surface area (Å²) in [5, 5.41) is 16.4. The van der Waals surface area contributed by atoms with Gasteiger partial charge in [0.2, 0.25) is 0 Å². The van der Waals surface area contributed by atoms with Crippen molar-refractivity contribution >= 4 is 17.3 Å². The molecule has 0 unspecified atom stereocenters. The molecule has 3 aliphatic rings. The quantitative estimate of drug-likeness (QED) is 0.741. The van der Waals surface area contributed by atoms with E-state index in [1.807, 2.05) is 23.1 Å². The highest BCUT2D eigenvalue weighted by Gasteiger charge is 2.58. The van der Waals surface area contributed by atoms with Crippen molar-refractivity contribution in [2.45, 2.75) is 75.6 Å². The minimum Gasteiger partial charge on any atom is -0.497 e. The second kappa shape index (κ2) is 7.71. The normalized spacial score (nSPS) is 29.2. The minimum atomic E-state index is -0.881. The number of fused-ring (bicyclic) bond motifs is 2. The Kier molecular flexibility index (Phi) is 5.45. The Morgan fingerprint density at radius 3 is 2.32 bits per heavy atom. The molecule has 0 bridgehead atoms. The van der Waals surface area contributed by atoms with E-state index in [9.17, 15) is 5.11 Å². The van der Waals surface area contributed by atoms with Crippen LogP contribution in [0.2, 0.25) is 0 Å². The Bertz CT molecular complexity index is 712. The Hall–Kier alpha value is -1.53. The summed E-state index contributed by atoms with van der Waals surface area (Å²) in [6.45, 7) is 0.544. The number of nitrogens with zero attached hydrogens (tertiary/aromatic N) is 1. The molecule has 0 amide bonds. The molecule has 1 spiro atoms. The van der Waals surface area contributed by atoms with Gasteiger partial charge in [0.1, 0.15) is 17.2 Å². The van der Waals surface area contributed by atoms with Crippen molar-refractivity contribution in [1.29, 1.82) is 0 Å². The first-order valence-corrected chi connectivity index (χ1v) is 11.0. The summed E-state index contributed by atoms with van der Waals surface area (Å²) in [5.41, 5.74) is 0.110. The molecule has 2 aliphatic carbocycles. The van der Waals surface area contributed by atoms with Gasteiger partial charge in [-0.1, -0.05) is 25.7 Å². The number of hydrogen-bond acceptors (Lipinski definition) is 4. The molecule has 1 heterocycles. The van der Waals surface area contributed by atoms with Crippen LogP contribution in [0.3, 0.4) is 0 Å². The number of ether oxygens (including phenoxy) is 2. The predicted octanol–water partition coefficient (Wildman–Crippen LogP) is 3.98. The number of methoxy groups -OCH3 is 2. The van der Waals surface area contributed by atoms with Crippen LogP contribution in [0.5, 0.6) is 11.5 Å². The van der Waals surface area contributed by atoms with Crippen LogP contribution in [0, 0.1) is 5.92 Å². The first-order valence-electron chi connectivity index (χ1n) is 10.5. The largest absolute Gasteiger partial charge is 0.497 e. The standard InChI is InChI=1S/C22H32N2O3S/c1-26-17-12-16(13-18(14-17)27-2)15-24-20(28)23-21(9-5-3-6-10-21)19-8-4-7-11-22(19,24)25/h12-14,19,25H,3-11,15H2,1-2H3,(H,23,28)/t19-,22+/m1/s1. The highest BCUT2D eigenvalue weighted by atomic mass is 32.1. The van der Waals surface area contributed by atoms with Crippen molar-refractivity contribution in [2.24, 2.45) is 5.92 Å². The van der Waals surface area contributed by atoms with Crippen LogP contribution >= 0.6 is 12.2 Å². The van der Waals surface area contributed by atoms with Crippen LogP contribution in [-0.2, 0) is 6.54 Å². The summed E-state index contributed by atoms with van der Waals surface area (Å²) < 4.78 is 10.9. The van der Waals surface area contributed by atoms with E-state index in [4.69, 9.17) is 21.7 Å². The summed E-state index contributed by atoms with van der Waals surface area (Å²) in [5.74, 6) is 1.72. The SMILES string of the molecule is COc1cc(CN2C(=S)NC3(CCCCC3)[C@H]3CCCC[C@]32O)cc(OC)c1. The maximum absolute atomic E-state index is 12.0. The monoisotopic (exact) mass is 404 g/mol. The Labute approximate surface area is 173 Å². The lowest BCUT2D eigenvalue weighted by molar-refractivity contribution is -0.184. The number of hydrogen-bond donors (Lipinski definition) is 2. The van der Waals surface area contributed by atoms with Gasteiger partial charge in [0.05, 0.1) is 14.2 Å². The Morgan fingerprint density at radius 2 is 1.68 bits per heavy atom. The molecule has 0 aromatic heterocycles. The van der Waals surface area contributed by atoms with Gasteiger partial charge in [-0.2, -0.15) is 0 Å². The number of aliphatic hydroxyl groups is 1. The first kappa shape index (κ1) is 19.8. The van der Waals surface area contributed by atoms with E-state index in [1.165, 1.54) is 25.7 Å². The van der Waals surface area contributed by atoms with Crippen LogP contribution < -0.4 is 14.8 Å². The zero-order valence-corrected chi connectivity index (χ0v) is 17.8. The predicted molar refractivity (Wildman–Crippen MR) is 114 cm³/mol. The van der Waals surface area contributed by atoms with Crippen molar-refractivity contribution in [1.82, 2.24) is 10.2 Å². The van der Waals surface area contributed by atoms with Gasteiger partial charge in [-0.25, -0.2) is 0 Å². The molecular weight excluding hydrogens is 372 g/mol. The lowest BCUT2D eigenvalue weighted by atomic mass is 9.62. The zero-order chi connectivity index (χ0) is 19.8. The van der Waals surface area contributed by atoms with E-state index >= 15 is 0 Å². The second-order valence-electron chi connectivity index (χ2n) is 8.63. The van der Waals surface area contributed by atoms with E-state index in [-0.39, 0.29) is 11.5 Å². The molecule has 2 atom stereocenters. The highest BCUT2D eigenvalue weighted by Crippen LogP contribution is 2.50. The van der Waals surface area contributed by atoms with Gasteiger partial charge in [0.25, 0.3) is 0 Å².